The molecule has 0 spiro atoms. The van der Waals surface area contributed by atoms with Crippen LogP contribution in [0.5, 0.6) is 5.88 Å². The number of benzene rings is 1. The first-order valence-corrected chi connectivity index (χ1v) is 11.8. The van der Waals surface area contributed by atoms with Gasteiger partial charge in [0.25, 0.3) is 5.91 Å². The van der Waals surface area contributed by atoms with E-state index in [1.165, 1.54) is 7.11 Å². The Morgan fingerprint density at radius 1 is 1.26 bits per heavy atom. The van der Waals surface area contributed by atoms with Crippen molar-refractivity contribution >= 4 is 44.0 Å². The lowest BCUT2D eigenvalue weighted by Crippen LogP contribution is -2.25. The van der Waals surface area contributed by atoms with Crippen molar-refractivity contribution in [3.63, 3.8) is 0 Å². The Labute approximate surface area is 214 Å². The van der Waals surface area contributed by atoms with Gasteiger partial charge in [-0.05, 0) is 67.0 Å². The van der Waals surface area contributed by atoms with Crippen molar-refractivity contribution in [2.75, 3.05) is 13.7 Å². The molecular weight excluding hydrogens is 566 g/mol. The molecule has 0 fully saturated rings. The Bertz CT molecular complexity index is 1280. The summed E-state index contributed by atoms with van der Waals surface area (Å²) in [5.74, 6) is -0.398. The summed E-state index contributed by atoms with van der Waals surface area (Å²) in [6.07, 6.45) is 1.59. The zero-order chi connectivity index (χ0) is 24.8. The van der Waals surface area contributed by atoms with E-state index in [1.54, 1.807) is 13.1 Å². The van der Waals surface area contributed by atoms with Crippen LogP contribution in [0.3, 0.4) is 0 Å². The van der Waals surface area contributed by atoms with Gasteiger partial charge >= 0.3 is 0 Å². The first kappa shape index (κ1) is 25.6. The number of pyridine rings is 1. The highest BCUT2D eigenvalue weighted by atomic mass is 79.9. The molecule has 0 saturated carbocycles. The van der Waals surface area contributed by atoms with Crippen LogP contribution in [0.2, 0.25) is 0 Å². The van der Waals surface area contributed by atoms with E-state index in [4.69, 9.17) is 9.47 Å². The average molecular weight is 589 g/mol. The van der Waals surface area contributed by atoms with Crippen LogP contribution in [-0.2, 0) is 16.1 Å². The summed E-state index contributed by atoms with van der Waals surface area (Å²) >= 11 is 6.87. The number of nitrogens with one attached hydrogen (secondary N) is 1. The fraction of sp³-hybridized carbons (Fsp3) is 0.250. The van der Waals surface area contributed by atoms with Crippen molar-refractivity contribution in [1.29, 1.82) is 5.26 Å². The van der Waals surface area contributed by atoms with Crippen LogP contribution in [0.25, 0.3) is 5.69 Å². The Balaban J connectivity index is 1.68. The molecule has 0 saturated heterocycles. The number of rotatable bonds is 8. The topological polar surface area (TPSA) is 102 Å². The van der Waals surface area contributed by atoms with Gasteiger partial charge in [0.2, 0.25) is 5.88 Å². The predicted molar refractivity (Wildman–Crippen MR) is 136 cm³/mol. The third-order valence-electron chi connectivity index (χ3n) is 5.06. The molecule has 1 aromatic carbocycles. The molecule has 0 aliphatic rings. The van der Waals surface area contributed by atoms with Crippen LogP contribution in [0, 0.1) is 32.1 Å². The minimum absolute atomic E-state index is 0.0763. The molecular formula is C24H23Br2N5O3. The second-order valence-electron chi connectivity index (χ2n) is 7.43. The number of aryl methyl sites for hydroxylation is 2. The van der Waals surface area contributed by atoms with Gasteiger partial charge in [0.15, 0.2) is 6.61 Å². The maximum Gasteiger partial charge on any atom is 0.278 e. The van der Waals surface area contributed by atoms with E-state index in [0.717, 1.165) is 27.1 Å². The smallest absolute Gasteiger partial charge is 0.278 e. The Morgan fingerprint density at radius 2 is 1.97 bits per heavy atom. The molecule has 1 N–H and O–H groups in total. The highest BCUT2D eigenvalue weighted by molar-refractivity contribution is 9.10. The summed E-state index contributed by atoms with van der Waals surface area (Å²) in [6.45, 7) is 5.63. The van der Waals surface area contributed by atoms with Crippen LogP contribution in [0.15, 0.2) is 44.4 Å². The standard InChI is InChI=1S/C24H23Br2N5O3/c1-14-9-17(16(3)31(14)19-7-5-18(25)6-8-19)11-28-30-22(32)13-34-24-20(10-27)21(12-33-4)23(26)15(2)29-24/h5-9,11H,12-13H2,1-4H3,(H,30,32). The summed E-state index contributed by atoms with van der Waals surface area (Å²) < 4.78 is 14.5. The Kier molecular flexibility index (Phi) is 8.61. The lowest BCUT2D eigenvalue weighted by Gasteiger charge is -2.13. The van der Waals surface area contributed by atoms with Gasteiger partial charge in [-0.2, -0.15) is 10.4 Å². The van der Waals surface area contributed by atoms with Crippen molar-refractivity contribution in [1.82, 2.24) is 15.0 Å². The zero-order valence-corrected chi connectivity index (χ0v) is 22.3. The van der Waals surface area contributed by atoms with E-state index in [0.29, 0.717) is 15.7 Å². The first-order chi connectivity index (χ1) is 16.3. The number of aromatic nitrogens is 2. The number of methoxy groups -OCH3 is 1. The molecule has 2 heterocycles. The Hall–Kier alpha value is -3.00. The molecule has 0 aliphatic carbocycles. The van der Waals surface area contributed by atoms with Crippen LogP contribution < -0.4 is 10.2 Å². The molecule has 8 nitrogen and oxygen atoms in total. The number of hydrogen-bond donors (Lipinski definition) is 1. The number of hydrogen-bond acceptors (Lipinski definition) is 6. The van der Waals surface area contributed by atoms with E-state index in [-0.39, 0.29) is 24.7 Å². The van der Waals surface area contributed by atoms with Gasteiger partial charge in [-0.15, -0.1) is 0 Å². The zero-order valence-electron chi connectivity index (χ0n) is 19.1. The molecule has 0 atom stereocenters. The fourth-order valence-electron chi connectivity index (χ4n) is 3.46. The minimum Gasteiger partial charge on any atom is -0.467 e. The number of hydrazone groups is 1. The summed E-state index contributed by atoms with van der Waals surface area (Å²) in [6, 6.07) is 12.1. The van der Waals surface area contributed by atoms with Crippen molar-refractivity contribution in [3.8, 4) is 17.6 Å². The van der Waals surface area contributed by atoms with Gasteiger partial charge in [-0.25, -0.2) is 10.4 Å². The number of ether oxygens (including phenoxy) is 2. The number of halogens is 2. The molecule has 176 valence electrons. The fourth-order valence-corrected chi connectivity index (χ4v) is 4.13. The molecule has 34 heavy (non-hydrogen) atoms. The summed E-state index contributed by atoms with van der Waals surface area (Å²) in [4.78, 5) is 16.5. The summed E-state index contributed by atoms with van der Waals surface area (Å²) in [5, 5.41) is 13.6. The normalized spacial score (nSPS) is 11.0. The van der Waals surface area contributed by atoms with Crippen LogP contribution in [-0.4, -0.2) is 35.4 Å². The largest absolute Gasteiger partial charge is 0.467 e. The lowest BCUT2D eigenvalue weighted by atomic mass is 10.1. The maximum atomic E-state index is 12.3. The highest BCUT2D eigenvalue weighted by Crippen LogP contribution is 2.30. The van der Waals surface area contributed by atoms with Crippen LogP contribution in [0.1, 0.15) is 33.8 Å². The molecule has 0 unspecified atom stereocenters. The molecule has 3 aromatic rings. The maximum absolute atomic E-state index is 12.3. The highest BCUT2D eigenvalue weighted by Gasteiger charge is 2.18. The minimum atomic E-state index is -0.475. The van der Waals surface area contributed by atoms with E-state index < -0.39 is 5.91 Å². The average Bonchev–Trinajstić information content (AvgIpc) is 3.09. The third-order valence-corrected chi connectivity index (χ3v) is 6.64. The van der Waals surface area contributed by atoms with E-state index in [9.17, 15) is 10.1 Å². The molecule has 10 heteroatoms. The van der Waals surface area contributed by atoms with E-state index in [1.807, 2.05) is 44.2 Å². The predicted octanol–water partition coefficient (Wildman–Crippen LogP) is 4.87. The van der Waals surface area contributed by atoms with Gasteiger partial charge in [0.05, 0.1) is 18.5 Å². The van der Waals surface area contributed by atoms with Gasteiger partial charge in [0.1, 0.15) is 11.6 Å². The quantitative estimate of drug-likeness (QED) is 0.299. The molecule has 3 rings (SSSR count). The molecule has 1 amide bonds. The Morgan fingerprint density at radius 3 is 2.62 bits per heavy atom. The SMILES string of the molecule is COCc1c(Br)c(C)nc(OCC(=O)NN=Cc2cc(C)n(-c3ccc(Br)cc3)c2C)c1C#N. The third kappa shape index (κ3) is 5.73. The lowest BCUT2D eigenvalue weighted by molar-refractivity contribution is -0.123. The number of amides is 1. The second kappa shape index (κ2) is 11.4. The molecule has 2 aromatic heterocycles. The molecule has 0 radical (unpaired) electrons. The van der Waals surface area contributed by atoms with Crippen molar-refractivity contribution in [3.05, 3.63) is 73.0 Å². The number of carbonyl (C=O) groups is 1. The first-order valence-electron chi connectivity index (χ1n) is 10.2. The van der Waals surface area contributed by atoms with Gasteiger partial charge in [-0.3, -0.25) is 4.79 Å². The monoisotopic (exact) mass is 587 g/mol. The van der Waals surface area contributed by atoms with E-state index >= 15 is 0 Å². The number of nitrogens with zero attached hydrogens (tertiary/aromatic N) is 4. The number of carbonyl (C=O) groups excluding carboxylic acids is 1. The molecule has 0 aliphatic heterocycles. The van der Waals surface area contributed by atoms with E-state index in [2.05, 4.69) is 58.0 Å². The van der Waals surface area contributed by atoms with Crippen molar-refractivity contribution in [2.45, 2.75) is 27.4 Å². The number of nitriles is 1. The summed E-state index contributed by atoms with van der Waals surface area (Å²) in [5.41, 5.74) is 7.87. The summed E-state index contributed by atoms with van der Waals surface area (Å²) in [7, 11) is 1.53. The van der Waals surface area contributed by atoms with Gasteiger partial charge in [0, 0.05) is 44.3 Å². The van der Waals surface area contributed by atoms with Crippen molar-refractivity contribution in [2.24, 2.45) is 5.10 Å². The van der Waals surface area contributed by atoms with Crippen molar-refractivity contribution < 1.29 is 14.3 Å². The second-order valence-corrected chi connectivity index (χ2v) is 9.14. The van der Waals surface area contributed by atoms with Gasteiger partial charge in [-0.1, -0.05) is 15.9 Å². The van der Waals surface area contributed by atoms with Crippen LogP contribution in [0.4, 0.5) is 0 Å². The van der Waals surface area contributed by atoms with Crippen LogP contribution >= 0.6 is 31.9 Å². The van der Waals surface area contributed by atoms with Gasteiger partial charge < -0.3 is 14.0 Å². The molecule has 0 bridgehead atoms.